The Morgan fingerprint density at radius 2 is 2.18 bits per heavy atom. The highest BCUT2D eigenvalue weighted by Crippen LogP contribution is 2.30. The number of amides is 1. The molecule has 0 aromatic carbocycles. The molecule has 0 atom stereocenters. The number of fused-ring (bicyclic) bond motifs is 1. The molecule has 11 heteroatoms. The Morgan fingerprint density at radius 1 is 1.45 bits per heavy atom. The van der Waals surface area contributed by atoms with Crippen LogP contribution in [0.1, 0.15) is 5.76 Å². The van der Waals surface area contributed by atoms with Crippen molar-refractivity contribution in [2.24, 2.45) is 9.39 Å². The van der Waals surface area contributed by atoms with Gasteiger partial charge in [-0.1, -0.05) is 0 Å². The van der Waals surface area contributed by atoms with Gasteiger partial charge in [-0.05, 0) is 34.1 Å². The molecule has 1 aromatic heterocycles. The largest absolute Gasteiger partial charge is 0.450 e. The van der Waals surface area contributed by atoms with E-state index >= 15 is 0 Å². The van der Waals surface area contributed by atoms with E-state index in [0.29, 0.717) is 10.4 Å². The summed E-state index contributed by atoms with van der Waals surface area (Å²) in [6.07, 6.45) is 2.31. The fraction of sp³-hybridized carbons (Fsp3) is 0.0909. The molecule has 0 unspecified atom stereocenters. The Balaban J connectivity index is 2.07. The van der Waals surface area contributed by atoms with Gasteiger partial charge in [0.1, 0.15) is 11.6 Å². The lowest BCUT2D eigenvalue weighted by Gasteiger charge is -2.23. The van der Waals surface area contributed by atoms with Crippen molar-refractivity contribution in [2.45, 2.75) is 0 Å². The molecule has 1 aromatic rings. The first-order valence-corrected chi connectivity index (χ1v) is 9.17. The average molecular weight is 403 g/mol. The zero-order chi connectivity index (χ0) is 16.1. The first kappa shape index (κ1) is 15.2. The molecule has 1 amide bonds. The van der Waals surface area contributed by atoms with E-state index in [1.54, 1.807) is 12.1 Å². The Hall–Kier alpha value is -1.72. The summed E-state index contributed by atoms with van der Waals surface area (Å²) in [6, 6.07) is 3.23. The van der Waals surface area contributed by atoms with Gasteiger partial charge in [0.2, 0.25) is 20.2 Å². The van der Waals surface area contributed by atoms with Crippen molar-refractivity contribution in [3.05, 3.63) is 28.1 Å². The molecule has 0 saturated heterocycles. The highest BCUT2D eigenvalue weighted by atomic mass is 79.9. The third kappa shape index (κ3) is 2.55. The lowest BCUT2D eigenvalue weighted by molar-refractivity contribution is -0.114. The van der Waals surface area contributed by atoms with Gasteiger partial charge in [-0.15, -0.1) is 0 Å². The van der Waals surface area contributed by atoms with Gasteiger partial charge >= 0.3 is 0 Å². The number of hydrogen-bond acceptors (Lipinski definition) is 7. The van der Waals surface area contributed by atoms with Gasteiger partial charge in [0, 0.05) is 6.26 Å². The maximum Gasteiger partial charge on any atom is 0.283 e. The topological polar surface area (TPSA) is 116 Å². The second-order valence-electron chi connectivity index (χ2n) is 4.32. The minimum Gasteiger partial charge on any atom is -0.450 e. The smallest absolute Gasteiger partial charge is 0.283 e. The van der Waals surface area contributed by atoms with E-state index in [-0.39, 0.29) is 21.7 Å². The van der Waals surface area contributed by atoms with Crippen LogP contribution in [-0.4, -0.2) is 41.7 Å². The summed E-state index contributed by atoms with van der Waals surface area (Å²) in [5, 5.41) is 7.84. The highest BCUT2D eigenvalue weighted by molar-refractivity contribution is 9.10. The fourth-order valence-corrected chi connectivity index (χ4v) is 3.95. The second kappa shape index (κ2) is 5.18. The van der Waals surface area contributed by atoms with Crippen LogP contribution in [0.15, 0.2) is 36.2 Å². The van der Waals surface area contributed by atoms with Crippen LogP contribution in [0.3, 0.4) is 0 Å². The highest BCUT2D eigenvalue weighted by Gasteiger charge is 2.41. The lowest BCUT2D eigenvalue weighted by Crippen LogP contribution is -2.45. The normalized spacial score (nSPS) is 20.3. The third-order valence-electron chi connectivity index (χ3n) is 2.71. The maximum absolute atomic E-state index is 12.0. The Bertz CT molecular complexity index is 897. The molecule has 2 aliphatic rings. The molecule has 8 nitrogen and oxygen atoms in total. The number of rotatable bonds is 1. The van der Waals surface area contributed by atoms with E-state index in [1.807, 2.05) is 0 Å². The van der Waals surface area contributed by atoms with Crippen molar-refractivity contribution < 1.29 is 17.6 Å². The predicted molar refractivity (Wildman–Crippen MR) is 86.3 cm³/mol. The van der Waals surface area contributed by atoms with E-state index in [2.05, 4.69) is 25.3 Å². The van der Waals surface area contributed by atoms with Gasteiger partial charge < -0.3 is 4.42 Å². The van der Waals surface area contributed by atoms with Crippen LogP contribution in [0.2, 0.25) is 0 Å². The molecule has 1 N–H and O–H groups in total. The van der Waals surface area contributed by atoms with Gasteiger partial charge in [0.15, 0.2) is 4.67 Å². The van der Waals surface area contributed by atoms with Crippen molar-refractivity contribution in [3.8, 4) is 0 Å². The molecule has 0 fully saturated rings. The molecule has 0 saturated carbocycles. The zero-order valence-electron chi connectivity index (χ0n) is 10.9. The summed E-state index contributed by atoms with van der Waals surface area (Å²) in [4.78, 5) is 16.8. The molecule has 2 aliphatic heterocycles. The molecular weight excluding hydrogens is 396 g/mol. The second-order valence-corrected chi connectivity index (χ2v) is 7.74. The van der Waals surface area contributed by atoms with E-state index < -0.39 is 15.7 Å². The average Bonchev–Trinajstić information content (AvgIpc) is 3.00. The molecule has 22 heavy (non-hydrogen) atoms. The Labute approximate surface area is 137 Å². The van der Waals surface area contributed by atoms with Crippen LogP contribution < -0.4 is 0 Å². The van der Waals surface area contributed by atoms with Crippen molar-refractivity contribution >= 4 is 65.9 Å². The lowest BCUT2D eigenvalue weighted by atomic mass is 10.1. The van der Waals surface area contributed by atoms with Gasteiger partial charge in [0.25, 0.3) is 5.91 Å². The number of sulfone groups is 1. The van der Waals surface area contributed by atoms with E-state index in [9.17, 15) is 13.2 Å². The quantitative estimate of drug-likeness (QED) is 0.563. The number of furan rings is 1. The van der Waals surface area contributed by atoms with Gasteiger partial charge in [-0.2, -0.15) is 9.39 Å². The predicted octanol–water partition coefficient (Wildman–Crippen LogP) is 1.66. The number of halogens is 1. The van der Waals surface area contributed by atoms with Crippen molar-refractivity contribution in [2.75, 3.05) is 6.26 Å². The summed E-state index contributed by atoms with van der Waals surface area (Å²) in [5.74, 6) is -0.624. The SMILES string of the molecule is CS(=O)(=O)C1=NSC2=NC(=O)C(=Cc3ccc(Br)o3)C(=N)N21. The zero-order valence-corrected chi connectivity index (χ0v) is 14.1. The van der Waals surface area contributed by atoms with E-state index in [1.165, 1.54) is 6.08 Å². The van der Waals surface area contributed by atoms with Crippen LogP contribution in [0, 0.1) is 5.41 Å². The molecule has 0 aliphatic carbocycles. The molecular formula is C11H7BrN4O4S2. The number of nitrogens with zero attached hydrogens (tertiary/aromatic N) is 3. The van der Waals surface area contributed by atoms with Crippen molar-refractivity contribution in [3.63, 3.8) is 0 Å². The number of amidine groups is 3. The minimum absolute atomic E-state index is 0.0493. The minimum atomic E-state index is -3.65. The van der Waals surface area contributed by atoms with E-state index in [4.69, 9.17) is 9.83 Å². The van der Waals surface area contributed by atoms with Crippen molar-refractivity contribution in [1.29, 1.82) is 5.41 Å². The van der Waals surface area contributed by atoms with Crippen LogP contribution in [0.25, 0.3) is 6.08 Å². The number of nitrogens with one attached hydrogen (secondary N) is 1. The molecule has 114 valence electrons. The monoisotopic (exact) mass is 402 g/mol. The van der Waals surface area contributed by atoms with Crippen molar-refractivity contribution in [1.82, 2.24) is 4.90 Å². The first-order valence-electron chi connectivity index (χ1n) is 5.71. The number of aliphatic imine (C=N–C) groups is 1. The van der Waals surface area contributed by atoms with Crippen LogP contribution >= 0.6 is 27.9 Å². The standard InChI is InChI=1S/C11H7BrN4O4S2/c1-22(18,19)11-15-21-10-14-9(17)6(8(13)16(10)11)4-5-2-3-7(12)20-5/h2-4,13H,1H3. The molecule has 0 bridgehead atoms. The summed E-state index contributed by atoms with van der Waals surface area (Å²) in [6.45, 7) is 0. The van der Waals surface area contributed by atoms with Gasteiger partial charge in [0.05, 0.1) is 17.5 Å². The Morgan fingerprint density at radius 3 is 2.77 bits per heavy atom. The summed E-state index contributed by atoms with van der Waals surface area (Å²) < 4.78 is 32.9. The summed E-state index contributed by atoms with van der Waals surface area (Å²) >= 11 is 3.88. The third-order valence-corrected chi connectivity index (χ3v) is 4.89. The van der Waals surface area contributed by atoms with Crippen LogP contribution in [0.5, 0.6) is 0 Å². The van der Waals surface area contributed by atoms with Crippen LogP contribution in [-0.2, 0) is 14.6 Å². The van der Waals surface area contributed by atoms with Crippen LogP contribution in [0.4, 0.5) is 0 Å². The first-order chi connectivity index (χ1) is 10.3. The van der Waals surface area contributed by atoms with Gasteiger partial charge in [-0.3, -0.25) is 10.2 Å². The molecule has 0 spiro atoms. The summed E-state index contributed by atoms with van der Waals surface area (Å²) in [5.41, 5.74) is -0.0792. The van der Waals surface area contributed by atoms with E-state index in [0.717, 1.165) is 23.1 Å². The fourth-order valence-electron chi connectivity index (χ4n) is 1.79. The Kier molecular flexibility index (Phi) is 3.57. The number of hydrogen-bond donors (Lipinski definition) is 1. The molecule has 0 radical (unpaired) electrons. The van der Waals surface area contributed by atoms with Gasteiger partial charge in [-0.25, -0.2) is 13.3 Å². The molecule has 3 heterocycles. The molecule has 3 rings (SSSR count). The summed E-state index contributed by atoms with van der Waals surface area (Å²) in [7, 11) is -3.65. The maximum atomic E-state index is 12.0. The number of carbonyl (C=O) groups excluding carboxylic acids is 1. The number of carbonyl (C=O) groups is 1.